The Morgan fingerprint density at radius 1 is 0.475 bits per heavy atom. The molecule has 0 saturated heterocycles. The Bertz CT molecular complexity index is 2430. The lowest BCUT2D eigenvalue weighted by molar-refractivity contribution is 1.08. The van der Waals surface area contributed by atoms with Gasteiger partial charge in [-0.25, -0.2) is 9.97 Å². The molecule has 0 atom stereocenters. The zero-order valence-corrected chi connectivity index (χ0v) is 21.4. The summed E-state index contributed by atoms with van der Waals surface area (Å²) in [4.78, 5) is 14.9. The summed E-state index contributed by atoms with van der Waals surface area (Å²) in [6, 6.07) is 42.2. The van der Waals surface area contributed by atoms with Gasteiger partial charge >= 0.3 is 0 Å². The van der Waals surface area contributed by atoms with Crippen molar-refractivity contribution in [3.63, 3.8) is 0 Å². The summed E-state index contributed by atoms with van der Waals surface area (Å²) in [5.41, 5.74) is 8.09. The SMILES string of the molecule is c1ccc(-c2cccc(-n3c4ccccc4c4ccc5c6ccccc6n6c7ccccc7nc6c5c43)n2)nc1. The number of fused-ring (bicyclic) bond motifs is 12. The summed E-state index contributed by atoms with van der Waals surface area (Å²) >= 11 is 0. The predicted molar refractivity (Wildman–Crippen MR) is 163 cm³/mol. The molecular weight excluding hydrogens is 490 g/mol. The average molecular weight is 512 g/mol. The van der Waals surface area contributed by atoms with Crippen LogP contribution in [0.3, 0.4) is 0 Å². The van der Waals surface area contributed by atoms with Crippen LogP contribution in [-0.2, 0) is 0 Å². The zero-order chi connectivity index (χ0) is 26.2. The van der Waals surface area contributed by atoms with E-state index < -0.39 is 0 Å². The van der Waals surface area contributed by atoms with Crippen molar-refractivity contribution in [2.24, 2.45) is 0 Å². The molecule has 5 aromatic heterocycles. The Labute approximate surface area is 228 Å². The lowest BCUT2D eigenvalue weighted by Crippen LogP contribution is -2.00. The van der Waals surface area contributed by atoms with Gasteiger partial charge in [-0.3, -0.25) is 14.0 Å². The summed E-state index contributed by atoms with van der Waals surface area (Å²) in [6.07, 6.45) is 1.81. The van der Waals surface area contributed by atoms with Gasteiger partial charge in [-0.2, -0.15) is 0 Å². The summed E-state index contributed by atoms with van der Waals surface area (Å²) in [5, 5.41) is 5.86. The van der Waals surface area contributed by atoms with E-state index in [4.69, 9.17) is 9.97 Å². The minimum Gasteiger partial charge on any atom is -0.293 e. The van der Waals surface area contributed by atoms with Crippen molar-refractivity contribution in [3.05, 3.63) is 128 Å². The van der Waals surface area contributed by atoms with Gasteiger partial charge in [0.05, 0.1) is 44.4 Å². The van der Waals surface area contributed by atoms with E-state index >= 15 is 0 Å². The highest BCUT2D eigenvalue weighted by Gasteiger charge is 2.21. The Morgan fingerprint density at radius 3 is 2.02 bits per heavy atom. The molecule has 0 aliphatic rings. The van der Waals surface area contributed by atoms with Crippen molar-refractivity contribution >= 4 is 60.2 Å². The minimum absolute atomic E-state index is 0.839. The summed E-state index contributed by atoms with van der Waals surface area (Å²) in [6.45, 7) is 0. The van der Waals surface area contributed by atoms with Gasteiger partial charge in [0, 0.05) is 22.4 Å². The van der Waals surface area contributed by atoms with E-state index in [0.29, 0.717) is 0 Å². The molecule has 40 heavy (non-hydrogen) atoms. The quantitative estimate of drug-likeness (QED) is 0.219. The molecule has 0 saturated carbocycles. The average Bonchev–Trinajstić information content (AvgIpc) is 3.58. The van der Waals surface area contributed by atoms with Crippen LogP contribution >= 0.6 is 0 Å². The number of benzene rings is 4. The largest absolute Gasteiger partial charge is 0.293 e. The Hall–Kier alpha value is -5.55. The molecule has 5 nitrogen and oxygen atoms in total. The number of rotatable bonds is 2. The van der Waals surface area contributed by atoms with Gasteiger partial charge in [0.25, 0.3) is 0 Å². The standard InChI is InChI=1S/C35H21N5/c1-4-15-29-22(10-1)24-19-20-25-23-11-2-5-16-30(23)40(32-18-9-14-27(37-32)26-12-7-8-21-36-26)34(25)33(24)35-38-28-13-3-6-17-31(28)39(29)35/h1-21H. The molecule has 186 valence electrons. The molecule has 0 bridgehead atoms. The van der Waals surface area contributed by atoms with Crippen LogP contribution in [0.4, 0.5) is 0 Å². The number of hydrogen-bond acceptors (Lipinski definition) is 3. The van der Waals surface area contributed by atoms with Crippen LogP contribution in [0.1, 0.15) is 0 Å². The van der Waals surface area contributed by atoms with Gasteiger partial charge in [0.1, 0.15) is 11.5 Å². The van der Waals surface area contributed by atoms with E-state index in [-0.39, 0.29) is 0 Å². The molecule has 0 unspecified atom stereocenters. The molecule has 0 fully saturated rings. The smallest absolute Gasteiger partial charge is 0.148 e. The van der Waals surface area contributed by atoms with E-state index in [2.05, 4.69) is 111 Å². The maximum Gasteiger partial charge on any atom is 0.148 e. The fraction of sp³-hybridized carbons (Fsp3) is 0. The summed E-state index contributed by atoms with van der Waals surface area (Å²) in [7, 11) is 0. The maximum atomic E-state index is 5.23. The van der Waals surface area contributed by atoms with Crippen molar-refractivity contribution in [1.82, 2.24) is 23.9 Å². The second kappa shape index (κ2) is 7.98. The van der Waals surface area contributed by atoms with Crippen LogP contribution in [-0.4, -0.2) is 23.9 Å². The number of nitrogens with zero attached hydrogens (tertiary/aromatic N) is 5. The third-order valence-corrected chi connectivity index (χ3v) is 7.95. The second-order valence-corrected chi connectivity index (χ2v) is 10.1. The highest BCUT2D eigenvalue weighted by atomic mass is 15.1. The predicted octanol–water partition coefficient (Wildman–Crippen LogP) is 8.35. The number of aromatic nitrogens is 5. The van der Waals surface area contributed by atoms with Crippen molar-refractivity contribution in [2.45, 2.75) is 0 Å². The summed E-state index contributed by atoms with van der Waals surface area (Å²) in [5.74, 6) is 0.851. The lowest BCUT2D eigenvalue weighted by atomic mass is 10.0. The fourth-order valence-corrected chi connectivity index (χ4v) is 6.29. The Balaban J connectivity index is 1.53. The van der Waals surface area contributed by atoms with Crippen LogP contribution in [0, 0.1) is 0 Å². The zero-order valence-electron chi connectivity index (χ0n) is 21.4. The minimum atomic E-state index is 0.839. The third kappa shape index (κ3) is 2.83. The molecule has 9 rings (SSSR count). The van der Waals surface area contributed by atoms with Gasteiger partial charge in [0.2, 0.25) is 0 Å². The first-order valence-corrected chi connectivity index (χ1v) is 13.4. The molecule has 0 aliphatic carbocycles. The van der Waals surface area contributed by atoms with Crippen molar-refractivity contribution < 1.29 is 0 Å². The molecule has 4 aromatic carbocycles. The van der Waals surface area contributed by atoms with Gasteiger partial charge in [-0.15, -0.1) is 0 Å². The van der Waals surface area contributed by atoms with Gasteiger partial charge in [0.15, 0.2) is 0 Å². The van der Waals surface area contributed by atoms with Crippen LogP contribution in [0.25, 0.3) is 77.4 Å². The summed E-state index contributed by atoms with van der Waals surface area (Å²) < 4.78 is 4.61. The third-order valence-electron chi connectivity index (χ3n) is 7.95. The van der Waals surface area contributed by atoms with Gasteiger partial charge in [-0.05, 0) is 53.9 Å². The molecule has 0 radical (unpaired) electrons. The molecular formula is C35H21N5. The maximum absolute atomic E-state index is 5.23. The van der Waals surface area contributed by atoms with Crippen molar-refractivity contribution in [2.75, 3.05) is 0 Å². The molecule has 0 aliphatic heterocycles. The van der Waals surface area contributed by atoms with Gasteiger partial charge < -0.3 is 0 Å². The molecule has 0 N–H and O–H groups in total. The first kappa shape index (κ1) is 21.4. The first-order chi connectivity index (χ1) is 19.9. The topological polar surface area (TPSA) is 48.0 Å². The molecule has 0 amide bonds. The molecule has 5 heterocycles. The number of pyridine rings is 3. The van der Waals surface area contributed by atoms with E-state index in [0.717, 1.165) is 55.8 Å². The van der Waals surface area contributed by atoms with E-state index in [1.165, 1.54) is 21.5 Å². The number of imidazole rings is 1. The highest BCUT2D eigenvalue weighted by Crippen LogP contribution is 2.41. The van der Waals surface area contributed by atoms with Crippen molar-refractivity contribution in [1.29, 1.82) is 0 Å². The normalized spacial score (nSPS) is 12.0. The van der Waals surface area contributed by atoms with Crippen molar-refractivity contribution in [3.8, 4) is 17.2 Å². The van der Waals surface area contributed by atoms with Crippen LogP contribution in [0.2, 0.25) is 0 Å². The number of hydrogen-bond donors (Lipinski definition) is 0. The number of para-hydroxylation sites is 4. The first-order valence-electron chi connectivity index (χ1n) is 13.4. The fourth-order valence-electron chi connectivity index (χ4n) is 6.29. The molecule has 5 heteroatoms. The molecule has 9 aromatic rings. The Kier molecular flexibility index (Phi) is 4.27. The van der Waals surface area contributed by atoms with Crippen LogP contribution in [0.5, 0.6) is 0 Å². The highest BCUT2D eigenvalue weighted by molar-refractivity contribution is 6.27. The van der Waals surface area contributed by atoms with E-state index in [1.807, 2.05) is 30.5 Å². The van der Waals surface area contributed by atoms with Crippen LogP contribution in [0.15, 0.2) is 128 Å². The lowest BCUT2D eigenvalue weighted by Gasteiger charge is -2.13. The second-order valence-electron chi connectivity index (χ2n) is 10.1. The van der Waals surface area contributed by atoms with Crippen LogP contribution < -0.4 is 0 Å². The monoisotopic (exact) mass is 511 g/mol. The van der Waals surface area contributed by atoms with E-state index in [9.17, 15) is 0 Å². The Morgan fingerprint density at radius 2 is 1.18 bits per heavy atom. The molecule has 0 spiro atoms. The van der Waals surface area contributed by atoms with Gasteiger partial charge in [-0.1, -0.05) is 72.8 Å². The van der Waals surface area contributed by atoms with E-state index in [1.54, 1.807) is 0 Å².